The maximum atomic E-state index is 12.4. The van der Waals surface area contributed by atoms with Crippen LogP contribution in [0.15, 0.2) is 53.5 Å². The van der Waals surface area contributed by atoms with Gasteiger partial charge in [0.1, 0.15) is 5.56 Å². The normalized spacial score (nSPS) is 10.5. The fourth-order valence-electron chi connectivity index (χ4n) is 2.48. The third-order valence-electron chi connectivity index (χ3n) is 3.78. The molecule has 0 unspecified atom stereocenters. The smallest absolute Gasteiger partial charge is 0.274 e. The summed E-state index contributed by atoms with van der Waals surface area (Å²) < 4.78 is 0. The Morgan fingerprint density at radius 2 is 1.92 bits per heavy atom. The van der Waals surface area contributed by atoms with Crippen molar-refractivity contribution >= 4 is 28.2 Å². The largest absolute Gasteiger partial charge is 0.360 e. The molecule has 0 saturated heterocycles. The molecule has 0 aliphatic rings. The van der Waals surface area contributed by atoms with E-state index in [0.717, 1.165) is 0 Å². The zero-order chi connectivity index (χ0) is 17.3. The quantitative estimate of drug-likeness (QED) is 0.571. The number of hydrogen-bond acceptors (Lipinski definition) is 4. The highest BCUT2D eigenvalue weighted by Crippen LogP contribution is 2.25. The number of aromatic amines is 1. The lowest BCUT2D eigenvalue weighted by atomic mass is 10.1. The van der Waals surface area contributed by atoms with Gasteiger partial charge in [0.15, 0.2) is 0 Å². The Morgan fingerprint density at radius 3 is 2.67 bits per heavy atom. The Morgan fingerprint density at radius 1 is 1.17 bits per heavy atom. The number of nitrogens with zero attached hydrogens (tertiary/aromatic N) is 1. The third kappa shape index (κ3) is 2.63. The van der Waals surface area contributed by atoms with Crippen LogP contribution in [0.2, 0.25) is 0 Å². The second-order valence-electron chi connectivity index (χ2n) is 5.24. The van der Waals surface area contributed by atoms with Crippen LogP contribution in [0.5, 0.6) is 0 Å². The number of anilines is 1. The van der Waals surface area contributed by atoms with Crippen LogP contribution in [-0.2, 0) is 0 Å². The van der Waals surface area contributed by atoms with Crippen molar-refractivity contribution in [2.24, 2.45) is 0 Å². The molecule has 3 rings (SSSR count). The zero-order valence-electron chi connectivity index (χ0n) is 12.7. The summed E-state index contributed by atoms with van der Waals surface area (Å²) in [5.74, 6) is -0.620. The van der Waals surface area contributed by atoms with Crippen molar-refractivity contribution in [2.45, 2.75) is 6.92 Å². The summed E-state index contributed by atoms with van der Waals surface area (Å²) in [6, 6.07) is 11.2. The van der Waals surface area contributed by atoms with Crippen molar-refractivity contribution in [3.8, 4) is 0 Å². The number of amides is 1. The summed E-state index contributed by atoms with van der Waals surface area (Å²) in [5.41, 5.74) is 0.699. The number of carbonyl (C=O) groups excluding carboxylic acids is 1. The predicted octanol–water partition coefficient (Wildman–Crippen LogP) is 3.00. The van der Waals surface area contributed by atoms with Crippen LogP contribution >= 0.6 is 0 Å². The number of pyridine rings is 1. The molecule has 2 N–H and O–H groups in total. The number of nitrogens with one attached hydrogen (secondary N) is 2. The van der Waals surface area contributed by atoms with E-state index in [2.05, 4.69) is 10.3 Å². The molecular formula is C17H13N3O4. The van der Waals surface area contributed by atoms with Gasteiger partial charge in [-0.25, -0.2) is 0 Å². The first kappa shape index (κ1) is 15.4. The summed E-state index contributed by atoms with van der Waals surface area (Å²) in [5, 5.41) is 13.9. The summed E-state index contributed by atoms with van der Waals surface area (Å²) in [6.45, 7) is 1.54. The maximum Gasteiger partial charge on any atom is 0.274 e. The molecule has 24 heavy (non-hydrogen) atoms. The van der Waals surface area contributed by atoms with E-state index in [-0.39, 0.29) is 11.3 Å². The standard InChI is InChI=1S/C17H13N3O4/c1-10-13(7-4-8-15(10)20(23)24)19-17(22)12-9-18-14-6-3-2-5-11(14)16(12)21/h2-9H,1H3,(H,18,21)(H,19,22). The maximum absolute atomic E-state index is 12.4. The van der Waals surface area contributed by atoms with Crippen molar-refractivity contribution in [1.82, 2.24) is 4.98 Å². The summed E-state index contributed by atoms with van der Waals surface area (Å²) in [7, 11) is 0. The van der Waals surface area contributed by atoms with E-state index >= 15 is 0 Å². The lowest BCUT2D eigenvalue weighted by Crippen LogP contribution is -2.22. The Bertz CT molecular complexity index is 1020. The molecule has 2 aromatic carbocycles. The van der Waals surface area contributed by atoms with Gasteiger partial charge in [0.25, 0.3) is 11.6 Å². The Hall–Kier alpha value is -3.48. The van der Waals surface area contributed by atoms with Gasteiger partial charge < -0.3 is 10.3 Å². The van der Waals surface area contributed by atoms with Crippen LogP contribution in [0.3, 0.4) is 0 Å². The van der Waals surface area contributed by atoms with Crippen molar-refractivity contribution in [3.05, 3.63) is 80.1 Å². The number of carbonyl (C=O) groups is 1. The van der Waals surface area contributed by atoms with Crippen LogP contribution < -0.4 is 10.7 Å². The third-order valence-corrected chi connectivity index (χ3v) is 3.78. The lowest BCUT2D eigenvalue weighted by Gasteiger charge is -2.09. The SMILES string of the molecule is Cc1c(NC(=O)c2c[nH]c3ccccc3c2=O)cccc1[N+](=O)[O-]. The molecule has 7 nitrogen and oxygen atoms in total. The molecular weight excluding hydrogens is 310 g/mol. The van der Waals surface area contributed by atoms with E-state index in [0.29, 0.717) is 22.2 Å². The highest BCUT2D eigenvalue weighted by Gasteiger charge is 2.17. The van der Waals surface area contributed by atoms with E-state index in [1.165, 1.54) is 18.3 Å². The predicted molar refractivity (Wildman–Crippen MR) is 90.4 cm³/mol. The summed E-state index contributed by atoms with van der Waals surface area (Å²) in [6.07, 6.45) is 1.34. The number of fused-ring (bicyclic) bond motifs is 1. The summed E-state index contributed by atoms with van der Waals surface area (Å²) in [4.78, 5) is 38.2. The van der Waals surface area contributed by atoms with Gasteiger partial charge in [0.2, 0.25) is 5.43 Å². The zero-order valence-corrected chi connectivity index (χ0v) is 12.7. The minimum atomic E-state index is -0.620. The Labute approximate surface area is 136 Å². The molecule has 3 aromatic rings. The van der Waals surface area contributed by atoms with Crippen molar-refractivity contribution in [1.29, 1.82) is 0 Å². The molecule has 0 aliphatic carbocycles. The molecule has 1 aromatic heterocycles. The van der Waals surface area contributed by atoms with Gasteiger partial charge in [0.05, 0.1) is 16.2 Å². The molecule has 0 radical (unpaired) electrons. The number of benzene rings is 2. The molecule has 0 fully saturated rings. The molecule has 0 saturated carbocycles. The van der Waals surface area contributed by atoms with E-state index in [1.807, 2.05) is 0 Å². The van der Waals surface area contributed by atoms with Crippen LogP contribution in [0.25, 0.3) is 10.9 Å². The highest BCUT2D eigenvalue weighted by atomic mass is 16.6. The van der Waals surface area contributed by atoms with Gasteiger partial charge in [-0.3, -0.25) is 19.7 Å². The van der Waals surface area contributed by atoms with Gasteiger partial charge in [-0.15, -0.1) is 0 Å². The number of hydrogen-bond donors (Lipinski definition) is 2. The van der Waals surface area contributed by atoms with Crippen LogP contribution in [-0.4, -0.2) is 15.8 Å². The lowest BCUT2D eigenvalue weighted by molar-refractivity contribution is -0.385. The van der Waals surface area contributed by atoms with Crippen LogP contribution in [0.4, 0.5) is 11.4 Å². The molecule has 1 heterocycles. The Balaban J connectivity index is 2.00. The first-order valence-electron chi connectivity index (χ1n) is 7.15. The van der Waals surface area contributed by atoms with Gasteiger partial charge in [-0.1, -0.05) is 18.2 Å². The number of nitro benzene ring substituents is 1. The average Bonchev–Trinajstić information content (AvgIpc) is 2.57. The van der Waals surface area contributed by atoms with E-state index in [1.54, 1.807) is 37.3 Å². The second kappa shape index (κ2) is 5.96. The van der Waals surface area contributed by atoms with Gasteiger partial charge in [-0.2, -0.15) is 0 Å². The Kier molecular flexibility index (Phi) is 3.83. The van der Waals surface area contributed by atoms with Crippen LogP contribution in [0.1, 0.15) is 15.9 Å². The first-order chi connectivity index (χ1) is 11.5. The van der Waals surface area contributed by atoms with E-state index in [9.17, 15) is 19.7 Å². The number of nitro groups is 1. The number of aromatic nitrogens is 1. The molecule has 0 bridgehead atoms. The van der Waals surface area contributed by atoms with Crippen LogP contribution in [0, 0.1) is 17.0 Å². The monoisotopic (exact) mass is 323 g/mol. The van der Waals surface area contributed by atoms with Gasteiger partial charge in [-0.05, 0) is 25.1 Å². The van der Waals surface area contributed by atoms with Crippen molar-refractivity contribution < 1.29 is 9.72 Å². The van der Waals surface area contributed by atoms with Gasteiger partial charge in [0, 0.05) is 23.2 Å². The molecule has 0 aliphatic heterocycles. The molecule has 7 heteroatoms. The minimum absolute atomic E-state index is 0.0559. The number of H-pyrrole nitrogens is 1. The summed E-state index contributed by atoms with van der Waals surface area (Å²) >= 11 is 0. The van der Waals surface area contributed by atoms with Gasteiger partial charge >= 0.3 is 0 Å². The van der Waals surface area contributed by atoms with E-state index in [4.69, 9.17) is 0 Å². The fourth-order valence-corrected chi connectivity index (χ4v) is 2.48. The number of rotatable bonds is 3. The van der Waals surface area contributed by atoms with Crippen molar-refractivity contribution in [2.75, 3.05) is 5.32 Å². The molecule has 1 amide bonds. The molecule has 0 spiro atoms. The molecule has 120 valence electrons. The highest BCUT2D eigenvalue weighted by molar-refractivity contribution is 6.06. The molecule has 0 atom stereocenters. The fraction of sp³-hybridized carbons (Fsp3) is 0.0588. The first-order valence-corrected chi connectivity index (χ1v) is 7.15. The minimum Gasteiger partial charge on any atom is -0.360 e. The van der Waals surface area contributed by atoms with E-state index < -0.39 is 16.3 Å². The average molecular weight is 323 g/mol. The topological polar surface area (TPSA) is 105 Å². The van der Waals surface area contributed by atoms with Crippen molar-refractivity contribution in [3.63, 3.8) is 0 Å². The number of para-hydroxylation sites is 1. The second-order valence-corrected chi connectivity index (χ2v) is 5.24.